The van der Waals surface area contributed by atoms with Gasteiger partial charge in [-0.05, 0) is 17.7 Å². The van der Waals surface area contributed by atoms with Crippen LogP contribution in [0.3, 0.4) is 0 Å². The molecule has 0 aliphatic carbocycles. The number of rotatable bonds is 4. The Labute approximate surface area is 122 Å². The number of benzene rings is 2. The normalized spacial score (nSPS) is 11.2. The first-order valence-corrected chi connectivity index (χ1v) is 7.73. The van der Waals surface area contributed by atoms with Crippen molar-refractivity contribution >= 4 is 15.9 Å². The highest BCUT2D eigenvalue weighted by molar-refractivity contribution is 7.92. The van der Waals surface area contributed by atoms with Crippen LogP contribution in [-0.2, 0) is 10.0 Å². The monoisotopic (exact) mass is 300 g/mol. The van der Waals surface area contributed by atoms with Crippen LogP contribution in [0.4, 0.5) is 5.88 Å². The van der Waals surface area contributed by atoms with Crippen molar-refractivity contribution in [3.63, 3.8) is 0 Å². The van der Waals surface area contributed by atoms with E-state index in [1.165, 1.54) is 18.3 Å². The fourth-order valence-corrected chi connectivity index (χ4v) is 2.94. The number of nitrogens with one attached hydrogen (secondary N) is 1. The molecule has 1 aromatic heterocycles. The molecule has 106 valence electrons. The van der Waals surface area contributed by atoms with Crippen molar-refractivity contribution in [3.05, 3.63) is 66.9 Å². The standard InChI is InChI=1S/C15H12N2O3S/c18-21(19,13-9-5-2-6-10-13)17-15-14(11-16-20-15)12-7-3-1-4-8-12/h1-11,17H. The van der Waals surface area contributed by atoms with Crippen LogP contribution in [0.15, 0.2) is 76.3 Å². The Balaban J connectivity index is 1.96. The average Bonchev–Trinajstić information content (AvgIpc) is 2.96. The SMILES string of the molecule is O=S(=O)(Nc1oncc1-c1ccccc1)c1ccccc1. The zero-order valence-corrected chi connectivity index (χ0v) is 11.7. The summed E-state index contributed by atoms with van der Waals surface area (Å²) in [5.74, 6) is 0.102. The van der Waals surface area contributed by atoms with Crippen LogP contribution in [0.25, 0.3) is 11.1 Å². The van der Waals surface area contributed by atoms with Crippen molar-refractivity contribution in [1.82, 2.24) is 5.16 Å². The minimum absolute atomic E-state index is 0.102. The third-order valence-corrected chi connectivity index (χ3v) is 4.28. The summed E-state index contributed by atoms with van der Waals surface area (Å²) < 4.78 is 32.0. The summed E-state index contributed by atoms with van der Waals surface area (Å²) in [6.07, 6.45) is 1.48. The minimum Gasteiger partial charge on any atom is -0.337 e. The largest absolute Gasteiger partial charge is 0.337 e. The fourth-order valence-electron chi connectivity index (χ4n) is 1.92. The van der Waals surface area contributed by atoms with E-state index in [-0.39, 0.29) is 10.8 Å². The first-order valence-electron chi connectivity index (χ1n) is 6.25. The van der Waals surface area contributed by atoms with Crippen molar-refractivity contribution in [2.45, 2.75) is 4.90 Å². The van der Waals surface area contributed by atoms with E-state index < -0.39 is 10.0 Å². The number of sulfonamides is 1. The Morgan fingerprint density at radius 3 is 2.19 bits per heavy atom. The molecule has 1 N–H and O–H groups in total. The van der Waals surface area contributed by atoms with Gasteiger partial charge in [-0.25, -0.2) is 13.1 Å². The van der Waals surface area contributed by atoms with Gasteiger partial charge in [-0.15, -0.1) is 0 Å². The van der Waals surface area contributed by atoms with Gasteiger partial charge in [-0.3, -0.25) is 0 Å². The maximum atomic E-state index is 12.3. The molecule has 2 aromatic carbocycles. The van der Waals surface area contributed by atoms with Crippen LogP contribution in [0.1, 0.15) is 0 Å². The molecule has 0 amide bonds. The second-order valence-corrected chi connectivity index (χ2v) is 6.04. The molecule has 0 saturated heterocycles. The topological polar surface area (TPSA) is 72.2 Å². The molecule has 3 aromatic rings. The zero-order chi connectivity index (χ0) is 14.7. The lowest BCUT2D eigenvalue weighted by Gasteiger charge is -2.06. The lowest BCUT2D eigenvalue weighted by atomic mass is 10.1. The average molecular weight is 300 g/mol. The molecule has 0 bridgehead atoms. The summed E-state index contributed by atoms with van der Waals surface area (Å²) in [6.45, 7) is 0. The van der Waals surface area contributed by atoms with Gasteiger partial charge in [0.2, 0.25) is 5.88 Å². The molecule has 1 heterocycles. The summed E-state index contributed by atoms with van der Waals surface area (Å²) in [5, 5.41) is 3.67. The highest BCUT2D eigenvalue weighted by Crippen LogP contribution is 2.29. The van der Waals surface area contributed by atoms with E-state index >= 15 is 0 Å². The smallest absolute Gasteiger partial charge is 0.264 e. The second-order valence-electron chi connectivity index (χ2n) is 4.35. The lowest BCUT2D eigenvalue weighted by molar-refractivity contribution is 0.435. The molecular weight excluding hydrogens is 288 g/mol. The second kappa shape index (κ2) is 5.41. The van der Waals surface area contributed by atoms with Gasteiger partial charge < -0.3 is 4.52 Å². The van der Waals surface area contributed by atoms with E-state index in [9.17, 15) is 8.42 Å². The van der Waals surface area contributed by atoms with Crippen LogP contribution < -0.4 is 4.72 Å². The molecule has 0 fully saturated rings. The molecule has 0 aliphatic heterocycles. The van der Waals surface area contributed by atoms with Crippen LogP contribution in [0.5, 0.6) is 0 Å². The molecule has 0 saturated carbocycles. The molecule has 0 atom stereocenters. The van der Waals surface area contributed by atoms with Crippen molar-refractivity contribution < 1.29 is 12.9 Å². The summed E-state index contributed by atoms with van der Waals surface area (Å²) in [7, 11) is -3.70. The van der Waals surface area contributed by atoms with E-state index in [1.807, 2.05) is 30.3 Å². The number of anilines is 1. The van der Waals surface area contributed by atoms with Crippen molar-refractivity contribution in [1.29, 1.82) is 0 Å². The molecule has 0 spiro atoms. The molecular formula is C15H12N2O3S. The summed E-state index contributed by atoms with van der Waals surface area (Å²) in [6, 6.07) is 17.4. The van der Waals surface area contributed by atoms with E-state index in [0.29, 0.717) is 5.56 Å². The zero-order valence-electron chi connectivity index (χ0n) is 10.9. The van der Waals surface area contributed by atoms with Crippen molar-refractivity contribution in [2.24, 2.45) is 0 Å². The Kier molecular flexibility index (Phi) is 3.45. The van der Waals surface area contributed by atoms with Crippen LogP contribution in [-0.4, -0.2) is 13.6 Å². The lowest BCUT2D eigenvalue weighted by Crippen LogP contribution is -2.12. The molecule has 6 heteroatoms. The third-order valence-electron chi connectivity index (χ3n) is 2.94. The van der Waals surface area contributed by atoms with Gasteiger partial charge in [0.25, 0.3) is 10.0 Å². The number of hydrogen-bond donors (Lipinski definition) is 1. The van der Waals surface area contributed by atoms with Crippen molar-refractivity contribution in [2.75, 3.05) is 4.72 Å². The van der Waals surface area contributed by atoms with Crippen molar-refractivity contribution in [3.8, 4) is 11.1 Å². The van der Waals surface area contributed by atoms with Gasteiger partial charge in [0, 0.05) is 0 Å². The molecule has 0 radical (unpaired) electrons. The number of nitrogens with zero attached hydrogens (tertiary/aromatic N) is 1. The molecule has 0 aliphatic rings. The first kappa shape index (κ1) is 13.4. The maximum absolute atomic E-state index is 12.3. The summed E-state index contributed by atoms with van der Waals surface area (Å²) in [5.41, 5.74) is 1.42. The van der Waals surface area contributed by atoms with E-state index in [4.69, 9.17) is 4.52 Å². The maximum Gasteiger partial charge on any atom is 0.264 e. The molecule has 0 unspecified atom stereocenters. The van der Waals surface area contributed by atoms with Gasteiger partial charge in [0.1, 0.15) is 0 Å². The van der Waals surface area contributed by atoms with Gasteiger partial charge in [-0.2, -0.15) is 0 Å². The Morgan fingerprint density at radius 1 is 0.905 bits per heavy atom. The van der Waals surface area contributed by atoms with Gasteiger partial charge >= 0.3 is 0 Å². The highest BCUT2D eigenvalue weighted by Gasteiger charge is 2.19. The number of hydrogen-bond acceptors (Lipinski definition) is 4. The van der Waals surface area contributed by atoms with Crippen LogP contribution in [0.2, 0.25) is 0 Å². The van der Waals surface area contributed by atoms with Crippen LogP contribution >= 0.6 is 0 Å². The first-order chi connectivity index (χ1) is 10.2. The Bertz CT molecular complexity index is 828. The molecule has 3 rings (SSSR count). The van der Waals surface area contributed by atoms with E-state index in [1.54, 1.807) is 18.2 Å². The predicted octanol–water partition coefficient (Wildman–Crippen LogP) is 3.14. The Morgan fingerprint density at radius 2 is 1.52 bits per heavy atom. The van der Waals surface area contributed by atoms with Crippen LogP contribution in [0, 0.1) is 0 Å². The highest BCUT2D eigenvalue weighted by atomic mass is 32.2. The molecule has 5 nitrogen and oxygen atoms in total. The van der Waals surface area contributed by atoms with Gasteiger partial charge in [0.05, 0.1) is 16.7 Å². The van der Waals surface area contributed by atoms with E-state index in [2.05, 4.69) is 9.88 Å². The van der Waals surface area contributed by atoms with Gasteiger partial charge in [-0.1, -0.05) is 53.7 Å². The summed E-state index contributed by atoms with van der Waals surface area (Å²) in [4.78, 5) is 0.167. The Hall–Kier alpha value is -2.60. The third kappa shape index (κ3) is 2.80. The van der Waals surface area contributed by atoms with E-state index in [0.717, 1.165) is 5.56 Å². The molecule has 21 heavy (non-hydrogen) atoms. The fraction of sp³-hybridized carbons (Fsp3) is 0. The summed E-state index contributed by atoms with van der Waals surface area (Å²) >= 11 is 0. The minimum atomic E-state index is -3.70. The number of aromatic nitrogens is 1. The van der Waals surface area contributed by atoms with Gasteiger partial charge in [0.15, 0.2) is 0 Å². The predicted molar refractivity (Wildman–Crippen MR) is 79.2 cm³/mol. The quantitative estimate of drug-likeness (QED) is 0.803.